The molecule has 0 saturated carbocycles. The lowest BCUT2D eigenvalue weighted by molar-refractivity contribution is -0.121. The van der Waals surface area contributed by atoms with Crippen molar-refractivity contribution in [3.63, 3.8) is 0 Å². The van der Waals surface area contributed by atoms with Crippen LogP contribution in [0.3, 0.4) is 0 Å². The average molecular weight is 255 g/mol. The van der Waals surface area contributed by atoms with Gasteiger partial charge in [0.2, 0.25) is 0 Å². The van der Waals surface area contributed by atoms with Crippen molar-refractivity contribution in [2.75, 3.05) is 0 Å². The first-order valence-corrected chi connectivity index (χ1v) is 5.74. The topological polar surface area (TPSA) is 17.1 Å². The van der Waals surface area contributed by atoms with Crippen LogP contribution in [0.25, 0.3) is 0 Å². The van der Waals surface area contributed by atoms with Crippen molar-refractivity contribution in [2.24, 2.45) is 5.92 Å². The van der Waals surface area contributed by atoms with Crippen molar-refractivity contribution in [1.82, 2.24) is 0 Å². The number of alkyl halides is 1. The minimum absolute atomic E-state index is 0.0510. The fraction of sp³-hybridized carbons (Fsp3) is 0.417. The van der Waals surface area contributed by atoms with E-state index in [0.29, 0.717) is 0 Å². The first kappa shape index (κ1) is 11.4. The molecule has 1 atom stereocenters. The van der Waals surface area contributed by atoms with Gasteiger partial charge in [-0.15, -0.1) is 0 Å². The second-order valence-corrected chi connectivity index (χ2v) is 4.82. The Labute approximate surface area is 93.7 Å². The van der Waals surface area contributed by atoms with Gasteiger partial charge in [-0.25, -0.2) is 0 Å². The molecule has 1 aromatic carbocycles. The first-order valence-electron chi connectivity index (χ1n) is 4.83. The van der Waals surface area contributed by atoms with E-state index in [0.717, 1.165) is 6.42 Å². The van der Waals surface area contributed by atoms with Crippen LogP contribution in [0, 0.1) is 5.92 Å². The van der Waals surface area contributed by atoms with Crippen LogP contribution in [0.15, 0.2) is 30.3 Å². The molecule has 0 N–H and O–H groups in total. The van der Waals surface area contributed by atoms with E-state index in [2.05, 4.69) is 15.9 Å². The lowest BCUT2D eigenvalue weighted by atomic mass is 10.0. The Kier molecular flexibility index (Phi) is 4.33. The molecule has 1 aromatic rings. The third-order valence-electron chi connectivity index (χ3n) is 2.14. The van der Waals surface area contributed by atoms with Gasteiger partial charge in [0, 0.05) is 5.92 Å². The molecule has 0 aliphatic rings. The molecule has 0 fully saturated rings. The molecule has 0 aliphatic carbocycles. The van der Waals surface area contributed by atoms with E-state index < -0.39 is 0 Å². The summed E-state index contributed by atoms with van der Waals surface area (Å²) in [4.78, 5) is 11.5. The molecule has 0 heterocycles. The van der Waals surface area contributed by atoms with E-state index in [4.69, 9.17) is 0 Å². The number of carbonyl (C=O) groups excluding carboxylic acids is 1. The Morgan fingerprint density at radius 3 is 2.36 bits per heavy atom. The summed E-state index contributed by atoms with van der Waals surface area (Å²) in [6.07, 6.45) is 0.776. The zero-order valence-corrected chi connectivity index (χ0v) is 10.1. The van der Waals surface area contributed by atoms with Crippen LogP contribution in [0.2, 0.25) is 0 Å². The lowest BCUT2D eigenvalue weighted by Crippen LogP contribution is -2.21. The van der Waals surface area contributed by atoms with Crippen LogP contribution in [0.1, 0.15) is 19.4 Å². The highest BCUT2D eigenvalue weighted by Gasteiger charge is 2.17. The average Bonchev–Trinajstić information content (AvgIpc) is 2.18. The van der Waals surface area contributed by atoms with Crippen molar-refractivity contribution in [1.29, 1.82) is 0 Å². The fourth-order valence-corrected chi connectivity index (χ4v) is 2.19. The molecule has 0 spiro atoms. The summed E-state index contributed by atoms with van der Waals surface area (Å²) in [5.41, 5.74) is 1.20. The zero-order chi connectivity index (χ0) is 10.6. The lowest BCUT2D eigenvalue weighted by Gasteiger charge is -2.11. The third-order valence-corrected chi connectivity index (χ3v) is 2.91. The largest absolute Gasteiger partial charge is 0.298 e. The predicted octanol–water partition coefficient (Wildman–Crippen LogP) is 3.22. The standard InChI is InChI=1S/C12H15BrO/c1-9(2)12(14)11(13)8-10-6-4-3-5-7-10/h3-7,9,11H,8H2,1-2H3/t11-/m0/s1. The molecule has 0 amide bonds. The van der Waals surface area contributed by atoms with E-state index >= 15 is 0 Å². The monoisotopic (exact) mass is 254 g/mol. The summed E-state index contributed by atoms with van der Waals surface area (Å²) >= 11 is 3.43. The summed E-state index contributed by atoms with van der Waals surface area (Å²) in [7, 11) is 0. The Morgan fingerprint density at radius 1 is 1.29 bits per heavy atom. The highest BCUT2D eigenvalue weighted by molar-refractivity contribution is 9.10. The van der Waals surface area contributed by atoms with Gasteiger partial charge < -0.3 is 0 Å². The van der Waals surface area contributed by atoms with E-state index in [1.807, 2.05) is 44.2 Å². The molecule has 0 radical (unpaired) electrons. The Morgan fingerprint density at radius 2 is 1.86 bits per heavy atom. The van der Waals surface area contributed by atoms with Crippen LogP contribution >= 0.6 is 15.9 Å². The second-order valence-electron chi connectivity index (χ2n) is 3.71. The molecular weight excluding hydrogens is 240 g/mol. The molecule has 0 aromatic heterocycles. The van der Waals surface area contributed by atoms with Gasteiger partial charge in [0.15, 0.2) is 0 Å². The first-order chi connectivity index (χ1) is 6.61. The van der Waals surface area contributed by atoms with Gasteiger partial charge in [-0.2, -0.15) is 0 Å². The van der Waals surface area contributed by atoms with Gasteiger partial charge in [-0.05, 0) is 12.0 Å². The number of hydrogen-bond acceptors (Lipinski definition) is 1. The van der Waals surface area contributed by atoms with E-state index in [9.17, 15) is 4.79 Å². The zero-order valence-electron chi connectivity index (χ0n) is 8.53. The number of rotatable bonds is 4. The quantitative estimate of drug-likeness (QED) is 0.755. The number of halogens is 1. The van der Waals surface area contributed by atoms with E-state index in [-0.39, 0.29) is 16.5 Å². The fourth-order valence-electron chi connectivity index (χ4n) is 1.28. The predicted molar refractivity (Wildman–Crippen MR) is 62.7 cm³/mol. The number of benzene rings is 1. The number of carbonyl (C=O) groups is 1. The number of hydrogen-bond donors (Lipinski definition) is 0. The van der Waals surface area contributed by atoms with Crippen LogP contribution in [-0.2, 0) is 11.2 Å². The van der Waals surface area contributed by atoms with Crippen LogP contribution < -0.4 is 0 Å². The molecule has 0 saturated heterocycles. The van der Waals surface area contributed by atoms with Gasteiger partial charge in [-0.1, -0.05) is 60.1 Å². The van der Waals surface area contributed by atoms with Crippen molar-refractivity contribution in [3.8, 4) is 0 Å². The minimum Gasteiger partial charge on any atom is -0.298 e. The summed E-state index contributed by atoms with van der Waals surface area (Å²) < 4.78 is 0. The van der Waals surface area contributed by atoms with Crippen molar-refractivity contribution in [3.05, 3.63) is 35.9 Å². The number of Topliss-reactive ketones (excluding diaryl/α,β-unsaturated/α-hetero) is 1. The van der Waals surface area contributed by atoms with Gasteiger partial charge in [0.1, 0.15) is 5.78 Å². The Bertz CT molecular complexity index is 292. The van der Waals surface area contributed by atoms with Gasteiger partial charge in [-0.3, -0.25) is 4.79 Å². The molecule has 0 unspecified atom stereocenters. The van der Waals surface area contributed by atoms with Crippen molar-refractivity contribution >= 4 is 21.7 Å². The maximum atomic E-state index is 11.6. The molecule has 0 bridgehead atoms. The second kappa shape index (κ2) is 5.30. The summed E-state index contributed by atoms with van der Waals surface area (Å²) in [5.74, 6) is 0.372. The maximum Gasteiger partial charge on any atom is 0.149 e. The van der Waals surface area contributed by atoms with Gasteiger partial charge in [0.25, 0.3) is 0 Å². The molecule has 2 heteroatoms. The molecule has 1 nitrogen and oxygen atoms in total. The van der Waals surface area contributed by atoms with E-state index in [1.54, 1.807) is 0 Å². The summed E-state index contributed by atoms with van der Waals surface area (Å²) in [5, 5.41) is 0. The van der Waals surface area contributed by atoms with Gasteiger partial charge >= 0.3 is 0 Å². The smallest absolute Gasteiger partial charge is 0.149 e. The van der Waals surface area contributed by atoms with Crippen molar-refractivity contribution < 1.29 is 4.79 Å². The molecule has 1 rings (SSSR count). The molecule has 0 aliphatic heterocycles. The molecular formula is C12H15BrO. The SMILES string of the molecule is CC(C)C(=O)[C@@H](Br)Cc1ccccc1. The minimum atomic E-state index is -0.0510. The molecule has 76 valence electrons. The van der Waals surface area contributed by atoms with Crippen molar-refractivity contribution in [2.45, 2.75) is 25.1 Å². The highest BCUT2D eigenvalue weighted by atomic mass is 79.9. The van der Waals surface area contributed by atoms with Crippen LogP contribution in [0.4, 0.5) is 0 Å². The van der Waals surface area contributed by atoms with Crippen LogP contribution in [-0.4, -0.2) is 10.6 Å². The summed E-state index contributed by atoms with van der Waals surface area (Å²) in [6.45, 7) is 3.86. The van der Waals surface area contributed by atoms with E-state index in [1.165, 1.54) is 5.56 Å². The normalized spacial score (nSPS) is 12.9. The maximum absolute atomic E-state index is 11.6. The summed E-state index contributed by atoms with van der Waals surface area (Å²) in [6, 6.07) is 10.1. The highest BCUT2D eigenvalue weighted by Crippen LogP contribution is 2.14. The Balaban J connectivity index is 2.57. The van der Waals surface area contributed by atoms with Crippen LogP contribution in [0.5, 0.6) is 0 Å². The van der Waals surface area contributed by atoms with Gasteiger partial charge in [0.05, 0.1) is 4.83 Å². The number of ketones is 1. The Hall–Kier alpha value is -0.630. The molecule has 14 heavy (non-hydrogen) atoms. The third kappa shape index (κ3) is 3.26.